The van der Waals surface area contributed by atoms with E-state index in [1.165, 1.54) is 0 Å². The molecule has 0 radical (unpaired) electrons. The summed E-state index contributed by atoms with van der Waals surface area (Å²) >= 11 is 0. The maximum absolute atomic E-state index is 8.68. The topological polar surface area (TPSA) is 54.3 Å². The van der Waals surface area contributed by atoms with Crippen LogP contribution in [-0.4, -0.2) is 25.5 Å². The number of rotatable bonds is 4. The smallest absolute Gasteiger partial charge is 0.167 e. The van der Waals surface area contributed by atoms with Gasteiger partial charge in [0.1, 0.15) is 0 Å². The monoisotopic (exact) mass is 232 g/mol. The Kier molecular flexibility index (Phi) is 3.62. The van der Waals surface area contributed by atoms with Crippen molar-refractivity contribution in [2.24, 2.45) is 0 Å². The molecule has 1 heterocycles. The molecule has 1 N–H and O–H groups in total. The third-order valence-electron chi connectivity index (χ3n) is 2.82. The molecule has 1 fully saturated rings. The van der Waals surface area contributed by atoms with E-state index >= 15 is 0 Å². The predicted molar refractivity (Wildman–Crippen MR) is 64.6 cm³/mol. The highest BCUT2D eigenvalue weighted by atomic mass is 16.7. The van der Waals surface area contributed by atoms with Gasteiger partial charge in [0.2, 0.25) is 0 Å². The van der Waals surface area contributed by atoms with Crippen molar-refractivity contribution in [3.63, 3.8) is 0 Å². The fourth-order valence-electron chi connectivity index (χ4n) is 1.80. The molecule has 1 aromatic rings. The minimum absolute atomic E-state index is 0.445. The predicted octanol–water partition coefficient (Wildman–Crippen LogP) is 2.12. The van der Waals surface area contributed by atoms with Crippen LogP contribution in [0.4, 0.5) is 5.69 Å². The van der Waals surface area contributed by atoms with Crippen LogP contribution in [0.3, 0.4) is 0 Å². The summed E-state index contributed by atoms with van der Waals surface area (Å²) in [6, 6.07) is 9.49. The Balaban J connectivity index is 1.80. The summed E-state index contributed by atoms with van der Waals surface area (Å²) in [6.45, 7) is 4.09. The van der Waals surface area contributed by atoms with Crippen LogP contribution in [0.1, 0.15) is 18.9 Å². The normalized spacial score (nSPS) is 17.6. The zero-order chi connectivity index (χ0) is 12.1. The standard InChI is InChI=1S/C13H16N2O2/c1-13(16-8-9-17-13)6-7-15-12-4-2-11(10-14)3-5-12/h2-5,15H,6-9H2,1H3. The van der Waals surface area contributed by atoms with Gasteiger partial charge >= 0.3 is 0 Å². The fraction of sp³-hybridized carbons (Fsp3) is 0.462. The molecule has 0 aliphatic carbocycles. The lowest BCUT2D eigenvalue weighted by Crippen LogP contribution is -2.28. The van der Waals surface area contributed by atoms with Crippen LogP contribution in [0, 0.1) is 11.3 Å². The van der Waals surface area contributed by atoms with E-state index in [4.69, 9.17) is 14.7 Å². The minimum Gasteiger partial charge on any atom is -0.385 e. The highest BCUT2D eigenvalue weighted by Gasteiger charge is 2.29. The van der Waals surface area contributed by atoms with Gasteiger partial charge in [0.05, 0.1) is 24.8 Å². The Labute approximate surface area is 101 Å². The molecular formula is C13H16N2O2. The zero-order valence-corrected chi connectivity index (χ0v) is 9.90. The fourth-order valence-corrected chi connectivity index (χ4v) is 1.80. The number of ether oxygens (including phenoxy) is 2. The van der Waals surface area contributed by atoms with Crippen LogP contribution in [0.2, 0.25) is 0 Å². The molecule has 0 aromatic heterocycles. The number of anilines is 1. The Morgan fingerprint density at radius 2 is 1.94 bits per heavy atom. The Morgan fingerprint density at radius 1 is 1.29 bits per heavy atom. The van der Waals surface area contributed by atoms with Crippen molar-refractivity contribution >= 4 is 5.69 Å². The summed E-state index contributed by atoms with van der Waals surface area (Å²) in [7, 11) is 0. The third-order valence-corrected chi connectivity index (χ3v) is 2.82. The molecule has 0 amide bonds. The van der Waals surface area contributed by atoms with Gasteiger partial charge in [-0.05, 0) is 31.2 Å². The highest BCUT2D eigenvalue weighted by Crippen LogP contribution is 2.22. The minimum atomic E-state index is -0.445. The van der Waals surface area contributed by atoms with Gasteiger partial charge in [0, 0.05) is 18.7 Å². The molecule has 4 heteroatoms. The summed E-state index contributed by atoms with van der Waals surface area (Å²) in [5.74, 6) is -0.445. The Hall–Kier alpha value is -1.57. The number of benzene rings is 1. The first-order valence-corrected chi connectivity index (χ1v) is 5.74. The van der Waals surface area contributed by atoms with Crippen molar-refractivity contribution in [2.45, 2.75) is 19.1 Å². The quantitative estimate of drug-likeness (QED) is 0.864. The van der Waals surface area contributed by atoms with Crippen LogP contribution in [0.15, 0.2) is 24.3 Å². The molecule has 0 unspecified atom stereocenters. The molecular weight excluding hydrogens is 216 g/mol. The molecule has 1 aliphatic heterocycles. The summed E-state index contributed by atoms with van der Waals surface area (Å²) in [6.07, 6.45) is 0.799. The van der Waals surface area contributed by atoms with Gasteiger partial charge in [-0.1, -0.05) is 0 Å². The Bertz CT molecular complexity index is 402. The summed E-state index contributed by atoms with van der Waals surface area (Å²) in [4.78, 5) is 0. The maximum atomic E-state index is 8.68. The lowest BCUT2D eigenvalue weighted by atomic mass is 10.2. The number of nitriles is 1. The lowest BCUT2D eigenvalue weighted by Gasteiger charge is -2.22. The number of nitrogens with zero attached hydrogens (tertiary/aromatic N) is 1. The molecule has 90 valence electrons. The van der Waals surface area contributed by atoms with Crippen molar-refractivity contribution in [1.82, 2.24) is 0 Å². The first-order chi connectivity index (χ1) is 8.22. The maximum Gasteiger partial charge on any atom is 0.167 e. The van der Waals surface area contributed by atoms with E-state index in [1.807, 2.05) is 19.1 Å². The van der Waals surface area contributed by atoms with Gasteiger partial charge in [-0.3, -0.25) is 0 Å². The third kappa shape index (κ3) is 3.19. The molecule has 17 heavy (non-hydrogen) atoms. The van der Waals surface area contributed by atoms with Gasteiger partial charge in [-0.25, -0.2) is 0 Å². The average molecular weight is 232 g/mol. The van der Waals surface area contributed by atoms with Crippen molar-refractivity contribution in [3.8, 4) is 6.07 Å². The average Bonchev–Trinajstić information content (AvgIpc) is 2.77. The van der Waals surface area contributed by atoms with E-state index in [0.717, 1.165) is 18.7 Å². The first-order valence-electron chi connectivity index (χ1n) is 5.74. The SMILES string of the molecule is CC1(CCNc2ccc(C#N)cc2)OCCO1. The molecule has 1 aromatic carbocycles. The Morgan fingerprint density at radius 3 is 2.53 bits per heavy atom. The second kappa shape index (κ2) is 5.17. The molecule has 0 atom stereocenters. The molecule has 0 saturated carbocycles. The summed E-state index contributed by atoms with van der Waals surface area (Å²) in [5.41, 5.74) is 1.68. The van der Waals surface area contributed by atoms with Crippen molar-refractivity contribution < 1.29 is 9.47 Å². The van der Waals surface area contributed by atoms with Crippen LogP contribution < -0.4 is 5.32 Å². The molecule has 4 nitrogen and oxygen atoms in total. The summed E-state index contributed by atoms with van der Waals surface area (Å²) in [5, 5.41) is 12.0. The lowest BCUT2D eigenvalue weighted by molar-refractivity contribution is -0.144. The van der Waals surface area contributed by atoms with E-state index in [1.54, 1.807) is 12.1 Å². The summed E-state index contributed by atoms with van der Waals surface area (Å²) < 4.78 is 11.0. The second-order valence-corrected chi connectivity index (χ2v) is 4.20. The van der Waals surface area contributed by atoms with E-state index in [0.29, 0.717) is 18.8 Å². The van der Waals surface area contributed by atoms with Crippen molar-refractivity contribution in [1.29, 1.82) is 5.26 Å². The van der Waals surface area contributed by atoms with Gasteiger partial charge in [0.25, 0.3) is 0 Å². The highest BCUT2D eigenvalue weighted by molar-refractivity contribution is 5.47. The van der Waals surface area contributed by atoms with Crippen LogP contribution in [-0.2, 0) is 9.47 Å². The van der Waals surface area contributed by atoms with E-state index in [-0.39, 0.29) is 0 Å². The van der Waals surface area contributed by atoms with Crippen LogP contribution in [0.5, 0.6) is 0 Å². The molecule has 0 bridgehead atoms. The van der Waals surface area contributed by atoms with Gasteiger partial charge in [-0.2, -0.15) is 5.26 Å². The largest absolute Gasteiger partial charge is 0.385 e. The number of hydrogen-bond donors (Lipinski definition) is 1. The molecule has 1 aliphatic rings. The van der Waals surface area contributed by atoms with E-state index in [2.05, 4.69) is 11.4 Å². The molecule has 1 saturated heterocycles. The van der Waals surface area contributed by atoms with Crippen molar-refractivity contribution in [3.05, 3.63) is 29.8 Å². The number of nitrogens with one attached hydrogen (secondary N) is 1. The van der Waals surface area contributed by atoms with Gasteiger partial charge in [-0.15, -0.1) is 0 Å². The zero-order valence-electron chi connectivity index (χ0n) is 9.90. The van der Waals surface area contributed by atoms with Gasteiger partial charge in [0.15, 0.2) is 5.79 Å². The van der Waals surface area contributed by atoms with Gasteiger partial charge < -0.3 is 14.8 Å². The first kappa shape index (κ1) is 11.9. The number of hydrogen-bond acceptors (Lipinski definition) is 4. The van der Waals surface area contributed by atoms with E-state index in [9.17, 15) is 0 Å². The molecule has 2 rings (SSSR count). The second-order valence-electron chi connectivity index (χ2n) is 4.20. The van der Waals surface area contributed by atoms with E-state index < -0.39 is 5.79 Å². The van der Waals surface area contributed by atoms with Crippen molar-refractivity contribution in [2.75, 3.05) is 25.1 Å². The van der Waals surface area contributed by atoms with Crippen LogP contribution in [0.25, 0.3) is 0 Å². The molecule has 0 spiro atoms. The van der Waals surface area contributed by atoms with Crippen LogP contribution >= 0.6 is 0 Å².